The third kappa shape index (κ3) is 6.21. The van der Waals surface area contributed by atoms with Crippen molar-refractivity contribution in [3.63, 3.8) is 0 Å². The second-order valence-corrected chi connectivity index (χ2v) is 14.1. The third-order valence-corrected chi connectivity index (χ3v) is 9.19. The average Bonchev–Trinajstić information content (AvgIpc) is 3.29. The topological polar surface area (TPSA) is 98.7 Å². The van der Waals surface area contributed by atoms with E-state index in [0.717, 1.165) is 47.4 Å². The molecule has 0 saturated carbocycles. The number of carbonyl (C=O) groups excluding carboxylic acids is 2. The van der Waals surface area contributed by atoms with Crippen molar-refractivity contribution in [3.8, 4) is 0 Å². The summed E-state index contributed by atoms with van der Waals surface area (Å²) in [6.45, 7) is 10.0. The number of aliphatic hydroxyl groups is 1. The maximum absolute atomic E-state index is 13.5. The molecule has 2 atom stereocenters. The largest absolute Gasteiger partial charge is 0.386 e. The van der Waals surface area contributed by atoms with Crippen LogP contribution in [0.4, 0.5) is 0 Å². The predicted molar refractivity (Wildman–Crippen MR) is 159 cm³/mol. The summed E-state index contributed by atoms with van der Waals surface area (Å²) >= 11 is 1.34. The molecule has 2 amide bonds. The summed E-state index contributed by atoms with van der Waals surface area (Å²) in [7, 11) is 4.00. The van der Waals surface area contributed by atoms with Crippen LogP contribution in [0.15, 0.2) is 30.3 Å². The molecule has 1 fully saturated rings. The Morgan fingerprint density at radius 3 is 2.65 bits per heavy atom. The van der Waals surface area contributed by atoms with E-state index in [9.17, 15) is 14.7 Å². The van der Waals surface area contributed by atoms with Crippen LogP contribution < -0.4 is 5.32 Å². The van der Waals surface area contributed by atoms with E-state index in [2.05, 4.69) is 37.1 Å². The standard InChI is InChI=1S/C31H41N5O3S/c1-30(2,3)22-10-11-23-21(15-22)16-25-27(33-23)40-28(34-25)26(37)32-24(12-13-35(5)6)19-8-7-9-20(14-19)29(38)36-17-31(4,39)18-36/h7-9,14,16,22,24,39H,10-13,15,17-18H2,1-6H3,(H,32,37)/t22-,24?/m0/s1. The fourth-order valence-corrected chi connectivity index (χ4v) is 6.61. The number of benzene rings is 1. The molecule has 5 rings (SSSR count). The van der Waals surface area contributed by atoms with Gasteiger partial charge in [-0.15, -0.1) is 0 Å². The summed E-state index contributed by atoms with van der Waals surface area (Å²) in [5.74, 6) is 0.267. The van der Waals surface area contributed by atoms with Crippen molar-refractivity contribution in [3.05, 3.63) is 57.7 Å². The Morgan fingerprint density at radius 1 is 1.23 bits per heavy atom. The number of aryl methyl sites for hydroxylation is 1. The van der Waals surface area contributed by atoms with E-state index in [1.54, 1.807) is 17.9 Å². The number of pyridine rings is 1. The number of nitrogens with zero attached hydrogens (tertiary/aromatic N) is 4. The summed E-state index contributed by atoms with van der Waals surface area (Å²) < 4.78 is 0. The van der Waals surface area contributed by atoms with Crippen LogP contribution in [0.2, 0.25) is 0 Å². The van der Waals surface area contributed by atoms with Crippen molar-refractivity contribution in [2.45, 2.75) is 65.0 Å². The summed E-state index contributed by atoms with van der Waals surface area (Å²) in [4.78, 5) is 40.6. The molecule has 9 heteroatoms. The first kappa shape index (κ1) is 28.6. The van der Waals surface area contributed by atoms with Gasteiger partial charge in [0, 0.05) is 11.3 Å². The smallest absolute Gasteiger partial charge is 0.280 e. The monoisotopic (exact) mass is 563 g/mol. The van der Waals surface area contributed by atoms with Crippen molar-refractivity contribution >= 4 is 33.5 Å². The van der Waals surface area contributed by atoms with E-state index in [0.29, 0.717) is 36.0 Å². The zero-order valence-corrected chi connectivity index (χ0v) is 25.3. The number of thiazole rings is 1. The molecule has 8 nitrogen and oxygen atoms in total. The molecule has 1 aliphatic heterocycles. The molecule has 0 bridgehead atoms. The molecule has 1 aliphatic carbocycles. The number of aromatic nitrogens is 2. The number of fused-ring (bicyclic) bond motifs is 2. The Hall–Kier alpha value is -2.88. The minimum atomic E-state index is -0.824. The fourth-order valence-electron chi connectivity index (χ4n) is 5.77. The van der Waals surface area contributed by atoms with Gasteiger partial charge >= 0.3 is 0 Å². The van der Waals surface area contributed by atoms with Gasteiger partial charge in [-0.2, -0.15) is 0 Å². The van der Waals surface area contributed by atoms with Gasteiger partial charge in [0.25, 0.3) is 11.8 Å². The molecular formula is C31H41N5O3S. The van der Waals surface area contributed by atoms with Gasteiger partial charge in [0.2, 0.25) is 0 Å². The lowest BCUT2D eigenvalue weighted by molar-refractivity contribution is -0.0668. The Balaban J connectivity index is 1.36. The van der Waals surface area contributed by atoms with Gasteiger partial charge in [-0.1, -0.05) is 44.2 Å². The number of hydrogen-bond acceptors (Lipinski definition) is 7. The quantitative estimate of drug-likeness (QED) is 0.440. The molecule has 2 N–H and O–H groups in total. The van der Waals surface area contributed by atoms with Gasteiger partial charge in [-0.05, 0) is 93.9 Å². The van der Waals surface area contributed by atoms with Crippen LogP contribution in [0.1, 0.15) is 83.6 Å². The minimum Gasteiger partial charge on any atom is -0.386 e. The molecule has 3 heterocycles. The second kappa shape index (κ2) is 10.8. The molecule has 40 heavy (non-hydrogen) atoms. The number of amides is 2. The van der Waals surface area contributed by atoms with Crippen LogP contribution >= 0.6 is 11.3 Å². The Kier molecular flexibility index (Phi) is 7.76. The zero-order valence-electron chi connectivity index (χ0n) is 24.5. The molecular weight excluding hydrogens is 522 g/mol. The van der Waals surface area contributed by atoms with Crippen LogP contribution in [-0.2, 0) is 12.8 Å². The van der Waals surface area contributed by atoms with Crippen LogP contribution in [0, 0.1) is 11.3 Å². The summed E-state index contributed by atoms with van der Waals surface area (Å²) in [6, 6.07) is 9.29. The highest BCUT2D eigenvalue weighted by molar-refractivity contribution is 7.19. The average molecular weight is 564 g/mol. The Labute approximate surface area is 240 Å². The molecule has 1 unspecified atom stereocenters. The molecule has 214 valence electrons. The van der Waals surface area contributed by atoms with Crippen molar-refractivity contribution < 1.29 is 14.7 Å². The fraction of sp³-hybridized carbons (Fsp3) is 0.548. The van der Waals surface area contributed by atoms with Crippen LogP contribution in [0.25, 0.3) is 10.3 Å². The number of nitrogens with one attached hydrogen (secondary N) is 1. The molecule has 0 radical (unpaired) electrons. The molecule has 3 aromatic rings. The van der Waals surface area contributed by atoms with Crippen LogP contribution in [0.3, 0.4) is 0 Å². The maximum atomic E-state index is 13.5. The molecule has 2 aliphatic rings. The van der Waals surface area contributed by atoms with Crippen LogP contribution in [0.5, 0.6) is 0 Å². The van der Waals surface area contributed by atoms with Crippen molar-refractivity contribution in [1.29, 1.82) is 0 Å². The van der Waals surface area contributed by atoms with Gasteiger partial charge in [0.1, 0.15) is 10.3 Å². The summed E-state index contributed by atoms with van der Waals surface area (Å²) in [5.41, 5.74) is 4.03. The highest BCUT2D eigenvalue weighted by Gasteiger charge is 2.39. The van der Waals surface area contributed by atoms with E-state index in [4.69, 9.17) is 9.97 Å². The second-order valence-electron chi connectivity index (χ2n) is 13.1. The molecule has 0 spiro atoms. The highest BCUT2D eigenvalue weighted by Crippen LogP contribution is 2.38. The Bertz CT molecular complexity index is 1420. The first-order chi connectivity index (χ1) is 18.8. The first-order valence-corrected chi connectivity index (χ1v) is 15.0. The van der Waals surface area contributed by atoms with Gasteiger partial charge in [-0.3, -0.25) is 9.59 Å². The number of β-amino-alcohol motifs (C(OH)–C–C–N with tert-alkyl or cyclic N) is 1. The van der Waals surface area contributed by atoms with E-state index < -0.39 is 5.60 Å². The third-order valence-electron chi connectivity index (χ3n) is 8.22. The van der Waals surface area contributed by atoms with Gasteiger partial charge in [-0.25, -0.2) is 9.97 Å². The lowest BCUT2D eigenvalue weighted by atomic mass is 9.71. The zero-order chi connectivity index (χ0) is 28.8. The van der Waals surface area contributed by atoms with Crippen molar-refractivity contribution in [2.75, 3.05) is 33.7 Å². The predicted octanol–water partition coefficient (Wildman–Crippen LogP) is 4.47. The molecule has 2 aromatic heterocycles. The van der Waals surface area contributed by atoms with Gasteiger partial charge in [0.05, 0.1) is 24.7 Å². The molecule has 1 saturated heterocycles. The normalized spacial score (nSPS) is 19.3. The van der Waals surface area contributed by atoms with Crippen LogP contribution in [-0.4, -0.2) is 76.0 Å². The lowest BCUT2D eigenvalue weighted by Gasteiger charge is -2.44. The SMILES string of the molecule is CN(C)CCC(NC(=O)c1nc2cc3c(nc2s1)CC[C@H](C(C)(C)C)C3)c1cccc(C(=O)N2CC(C)(O)C2)c1. The van der Waals surface area contributed by atoms with Gasteiger partial charge in [0.15, 0.2) is 5.01 Å². The van der Waals surface area contributed by atoms with E-state index in [1.165, 1.54) is 16.9 Å². The number of likely N-dealkylation sites (tertiary alicyclic amines) is 1. The minimum absolute atomic E-state index is 0.110. The van der Waals surface area contributed by atoms with E-state index in [-0.39, 0.29) is 23.3 Å². The maximum Gasteiger partial charge on any atom is 0.280 e. The van der Waals surface area contributed by atoms with Crippen molar-refractivity contribution in [2.24, 2.45) is 11.3 Å². The number of carbonyl (C=O) groups is 2. The number of hydrogen-bond donors (Lipinski definition) is 2. The van der Waals surface area contributed by atoms with E-state index >= 15 is 0 Å². The summed E-state index contributed by atoms with van der Waals surface area (Å²) in [5, 5.41) is 13.6. The molecule has 1 aromatic carbocycles. The van der Waals surface area contributed by atoms with Gasteiger partial charge < -0.3 is 20.2 Å². The Morgan fingerprint density at radius 2 is 1.98 bits per heavy atom. The summed E-state index contributed by atoms with van der Waals surface area (Å²) in [6.07, 6.45) is 3.77. The number of rotatable bonds is 7. The lowest BCUT2D eigenvalue weighted by Crippen LogP contribution is -2.61. The van der Waals surface area contributed by atoms with Crippen molar-refractivity contribution in [1.82, 2.24) is 25.1 Å². The first-order valence-electron chi connectivity index (χ1n) is 14.2. The van der Waals surface area contributed by atoms with E-state index in [1.807, 2.05) is 32.3 Å². The highest BCUT2D eigenvalue weighted by atomic mass is 32.1.